The largest absolute Gasteiger partial charge is 0.467 e. The van der Waals surface area contributed by atoms with E-state index in [1.165, 1.54) is 24.3 Å². The zero-order valence-corrected chi connectivity index (χ0v) is 18.4. The molecule has 1 aliphatic rings. The number of halogens is 1. The molecule has 0 spiro atoms. The molecule has 1 amide bonds. The van der Waals surface area contributed by atoms with E-state index < -0.39 is 33.8 Å². The van der Waals surface area contributed by atoms with E-state index in [0.717, 1.165) is 28.4 Å². The van der Waals surface area contributed by atoms with Gasteiger partial charge >= 0.3 is 5.97 Å². The van der Waals surface area contributed by atoms with Gasteiger partial charge in [-0.1, -0.05) is 24.3 Å². The number of aromatic amines is 1. The van der Waals surface area contributed by atoms with E-state index in [9.17, 15) is 18.0 Å². The number of esters is 1. The predicted molar refractivity (Wildman–Crippen MR) is 115 cm³/mol. The Bertz CT molecular complexity index is 1270. The van der Waals surface area contributed by atoms with E-state index in [4.69, 9.17) is 16.3 Å². The van der Waals surface area contributed by atoms with Crippen LogP contribution in [-0.4, -0.2) is 60.4 Å². The van der Waals surface area contributed by atoms with Gasteiger partial charge in [0.1, 0.15) is 11.9 Å². The smallest absolute Gasteiger partial charge is 0.328 e. The van der Waals surface area contributed by atoms with Crippen LogP contribution in [0.2, 0.25) is 0 Å². The summed E-state index contributed by atoms with van der Waals surface area (Å²) in [5.41, 5.74) is 3.03. The monoisotopic (exact) mass is 461 g/mol. The van der Waals surface area contributed by atoms with Gasteiger partial charge in [-0.2, -0.15) is 0 Å². The average molecular weight is 462 g/mol. The number of aromatic nitrogens is 2. The second kappa shape index (κ2) is 7.97. The zero-order chi connectivity index (χ0) is 22.3. The highest BCUT2D eigenvalue weighted by molar-refractivity contribution is 7.90. The normalized spacial score (nSPS) is 18.6. The Kier molecular flexibility index (Phi) is 5.49. The first kappa shape index (κ1) is 21.3. The number of fused-ring (bicyclic) bond motifs is 3. The van der Waals surface area contributed by atoms with Crippen LogP contribution >= 0.6 is 11.6 Å². The minimum atomic E-state index is -3.49. The van der Waals surface area contributed by atoms with Crippen molar-refractivity contribution in [2.45, 2.75) is 23.5 Å². The maximum absolute atomic E-state index is 12.9. The van der Waals surface area contributed by atoms with E-state index >= 15 is 0 Å². The zero-order valence-electron chi connectivity index (χ0n) is 16.8. The van der Waals surface area contributed by atoms with Crippen LogP contribution in [0.1, 0.15) is 22.9 Å². The van der Waals surface area contributed by atoms with Crippen LogP contribution in [-0.2, 0) is 30.6 Å². The molecule has 0 saturated carbocycles. The number of sulfone groups is 1. The number of nitrogens with one attached hydrogen (secondary N) is 1. The Morgan fingerprint density at radius 2 is 2.00 bits per heavy atom. The Morgan fingerprint density at radius 1 is 1.26 bits per heavy atom. The van der Waals surface area contributed by atoms with Crippen molar-refractivity contribution in [3.05, 3.63) is 59.4 Å². The minimum absolute atomic E-state index is 0.0799. The lowest BCUT2D eigenvalue weighted by Crippen LogP contribution is -2.52. The molecule has 1 aliphatic heterocycles. The van der Waals surface area contributed by atoms with Crippen LogP contribution in [0.3, 0.4) is 0 Å². The molecule has 3 heterocycles. The molecule has 31 heavy (non-hydrogen) atoms. The summed E-state index contributed by atoms with van der Waals surface area (Å²) in [4.78, 5) is 34.4. The number of carbonyl (C=O) groups is 2. The molecule has 2 aromatic heterocycles. The molecule has 0 fully saturated rings. The fourth-order valence-electron chi connectivity index (χ4n) is 4.10. The minimum Gasteiger partial charge on any atom is -0.467 e. The Hall–Kier alpha value is -2.91. The SMILES string of the molecule is COC(=O)[C@H]1Cc2c([nH]c3ccccc23)[C@H](c2ccc(S(C)(=O)=O)nc2)N1C(=O)CCl. The fraction of sp³-hybridized carbons (Fsp3) is 0.286. The Morgan fingerprint density at radius 3 is 2.61 bits per heavy atom. The van der Waals surface area contributed by atoms with Crippen molar-refractivity contribution >= 4 is 44.2 Å². The lowest BCUT2D eigenvalue weighted by Gasteiger charge is -2.40. The molecule has 0 saturated heterocycles. The van der Waals surface area contributed by atoms with E-state index in [1.54, 1.807) is 6.07 Å². The number of hydrogen-bond donors (Lipinski definition) is 1. The van der Waals surface area contributed by atoms with Crippen molar-refractivity contribution < 1.29 is 22.7 Å². The average Bonchev–Trinajstić information content (AvgIpc) is 3.14. The van der Waals surface area contributed by atoms with Gasteiger partial charge < -0.3 is 14.6 Å². The fourth-order valence-corrected chi connectivity index (χ4v) is 4.80. The Labute approximate surface area is 184 Å². The van der Waals surface area contributed by atoms with Crippen molar-refractivity contribution in [2.75, 3.05) is 19.2 Å². The van der Waals surface area contributed by atoms with Crippen LogP contribution in [0.25, 0.3) is 10.9 Å². The topological polar surface area (TPSA) is 109 Å². The van der Waals surface area contributed by atoms with E-state index in [0.29, 0.717) is 5.56 Å². The third-order valence-electron chi connectivity index (χ3n) is 5.46. The highest BCUT2D eigenvalue weighted by atomic mass is 35.5. The van der Waals surface area contributed by atoms with Crippen LogP contribution in [0.5, 0.6) is 0 Å². The molecule has 0 aliphatic carbocycles. The number of ether oxygens (including phenoxy) is 1. The molecule has 3 aromatic rings. The number of H-pyrrole nitrogens is 1. The summed E-state index contributed by atoms with van der Waals surface area (Å²) in [6, 6.07) is 9.03. The molecule has 1 N–H and O–H groups in total. The molecule has 10 heteroatoms. The van der Waals surface area contributed by atoms with Gasteiger partial charge in [-0.3, -0.25) is 4.79 Å². The number of alkyl halides is 1. The summed E-state index contributed by atoms with van der Waals surface area (Å²) in [5.74, 6) is -1.33. The van der Waals surface area contributed by atoms with Crippen molar-refractivity contribution in [1.29, 1.82) is 0 Å². The van der Waals surface area contributed by atoms with Crippen LogP contribution in [0.4, 0.5) is 0 Å². The molecule has 0 bridgehead atoms. The molecular formula is C21H20ClN3O5S. The van der Waals surface area contributed by atoms with Crippen molar-refractivity contribution in [3.8, 4) is 0 Å². The van der Waals surface area contributed by atoms with E-state index in [2.05, 4.69) is 9.97 Å². The lowest BCUT2D eigenvalue weighted by molar-refractivity contribution is -0.154. The standard InChI is InChI=1S/C21H20ClN3O5S/c1-30-21(27)16-9-14-13-5-3-4-6-15(13)24-19(14)20(25(16)18(26)10-22)12-7-8-17(23-11-12)31(2,28)29/h3-8,11,16,20,24H,9-10H2,1-2H3/t16-,20+/m1/s1. The number of para-hydroxylation sites is 1. The van der Waals surface area contributed by atoms with E-state index in [1.807, 2.05) is 24.3 Å². The number of pyridine rings is 1. The number of methoxy groups -OCH3 is 1. The van der Waals surface area contributed by atoms with Gasteiger partial charge in [0.2, 0.25) is 5.91 Å². The first-order valence-corrected chi connectivity index (χ1v) is 11.9. The van der Waals surface area contributed by atoms with Crippen molar-refractivity contribution in [3.63, 3.8) is 0 Å². The maximum Gasteiger partial charge on any atom is 0.328 e. The highest BCUT2D eigenvalue weighted by Gasteiger charge is 2.43. The number of rotatable bonds is 4. The molecule has 8 nitrogen and oxygen atoms in total. The second-order valence-electron chi connectivity index (χ2n) is 7.35. The highest BCUT2D eigenvalue weighted by Crippen LogP contribution is 2.41. The molecule has 0 unspecified atom stereocenters. The summed E-state index contributed by atoms with van der Waals surface area (Å²) < 4.78 is 28.6. The van der Waals surface area contributed by atoms with Gasteiger partial charge in [-0.15, -0.1) is 11.6 Å². The van der Waals surface area contributed by atoms with Gasteiger partial charge in [0.05, 0.1) is 13.2 Å². The van der Waals surface area contributed by atoms with Crippen LogP contribution < -0.4 is 0 Å². The van der Waals surface area contributed by atoms with Gasteiger partial charge in [0, 0.05) is 35.5 Å². The maximum atomic E-state index is 12.9. The van der Waals surface area contributed by atoms with Gasteiger partial charge in [0.15, 0.2) is 14.9 Å². The number of amides is 1. The van der Waals surface area contributed by atoms with Crippen molar-refractivity contribution in [2.24, 2.45) is 0 Å². The first-order valence-electron chi connectivity index (χ1n) is 9.46. The molecule has 4 rings (SSSR count). The summed E-state index contributed by atoms with van der Waals surface area (Å²) in [6.07, 6.45) is 2.74. The number of nitrogens with zero attached hydrogens (tertiary/aromatic N) is 2. The third kappa shape index (κ3) is 3.68. The summed E-state index contributed by atoms with van der Waals surface area (Å²) >= 11 is 5.89. The number of hydrogen-bond acceptors (Lipinski definition) is 6. The first-order chi connectivity index (χ1) is 14.8. The third-order valence-corrected chi connectivity index (χ3v) is 6.69. The van der Waals surface area contributed by atoms with Gasteiger partial charge in [-0.25, -0.2) is 18.2 Å². The van der Waals surface area contributed by atoms with E-state index in [-0.39, 0.29) is 17.3 Å². The second-order valence-corrected chi connectivity index (χ2v) is 9.57. The summed E-state index contributed by atoms with van der Waals surface area (Å²) in [6.45, 7) is 0. The van der Waals surface area contributed by atoms with Gasteiger partial charge in [-0.05, 0) is 23.3 Å². The van der Waals surface area contributed by atoms with Crippen LogP contribution in [0.15, 0.2) is 47.6 Å². The summed E-state index contributed by atoms with van der Waals surface area (Å²) in [7, 11) is -2.22. The van der Waals surface area contributed by atoms with Crippen LogP contribution in [0, 0.1) is 0 Å². The Balaban J connectivity index is 1.96. The lowest BCUT2D eigenvalue weighted by atomic mass is 9.88. The molecule has 0 radical (unpaired) electrons. The molecule has 162 valence electrons. The summed E-state index contributed by atoms with van der Waals surface area (Å²) in [5, 5.41) is 0.860. The predicted octanol–water partition coefficient (Wildman–Crippen LogP) is 2.22. The number of benzene rings is 1. The number of carbonyl (C=O) groups excluding carboxylic acids is 2. The quantitative estimate of drug-likeness (QED) is 0.471. The molecular weight excluding hydrogens is 442 g/mol. The van der Waals surface area contributed by atoms with Crippen molar-refractivity contribution in [1.82, 2.24) is 14.9 Å². The molecule has 1 aromatic carbocycles. The molecule has 2 atom stereocenters. The van der Waals surface area contributed by atoms with Gasteiger partial charge in [0.25, 0.3) is 0 Å².